The number of nitrogens with zero attached hydrogens (tertiary/aromatic N) is 2. The zero-order chi connectivity index (χ0) is 13.4. The number of para-hydroxylation sites is 1. The number of aromatic nitrogens is 1. The Morgan fingerprint density at radius 1 is 1.30 bits per heavy atom. The van der Waals surface area contributed by atoms with E-state index in [1.165, 1.54) is 24.1 Å². The summed E-state index contributed by atoms with van der Waals surface area (Å²) in [6, 6.07) is 11.4. The van der Waals surface area contributed by atoms with Crippen LogP contribution in [0, 0.1) is 0 Å². The quantitative estimate of drug-likeness (QED) is 0.905. The molecule has 1 aliphatic carbocycles. The van der Waals surface area contributed by atoms with Crippen molar-refractivity contribution in [3.05, 3.63) is 47.3 Å². The number of benzene rings is 1. The summed E-state index contributed by atoms with van der Waals surface area (Å²) in [5.41, 5.74) is 3.78. The minimum Gasteiger partial charge on any atom is -0.363 e. The Morgan fingerprint density at radius 2 is 2.20 bits per heavy atom. The normalized spacial score (nSPS) is 17.5. The molecule has 0 amide bonds. The van der Waals surface area contributed by atoms with Crippen LogP contribution in [0.15, 0.2) is 34.9 Å². The number of nitrogens with one attached hydrogen (secondary N) is 1. The molecule has 0 spiro atoms. The summed E-state index contributed by atoms with van der Waals surface area (Å²) in [6.45, 7) is 2.70. The van der Waals surface area contributed by atoms with Crippen molar-refractivity contribution in [2.75, 3.05) is 11.4 Å². The molecule has 4 heteroatoms. The fraction of sp³-hybridized carbons (Fsp3) is 0.438. The lowest BCUT2D eigenvalue weighted by Gasteiger charge is -2.17. The molecule has 1 fully saturated rings. The first-order valence-corrected chi connectivity index (χ1v) is 7.39. The van der Waals surface area contributed by atoms with Gasteiger partial charge in [0.15, 0.2) is 5.76 Å². The molecular formula is C16H19N3O. The van der Waals surface area contributed by atoms with Gasteiger partial charge in [-0.2, -0.15) is 0 Å². The van der Waals surface area contributed by atoms with Crippen LogP contribution in [0.3, 0.4) is 0 Å². The first-order valence-electron chi connectivity index (χ1n) is 7.39. The molecule has 0 radical (unpaired) electrons. The molecular weight excluding hydrogens is 250 g/mol. The van der Waals surface area contributed by atoms with Gasteiger partial charge in [0.25, 0.3) is 0 Å². The fourth-order valence-electron chi connectivity index (χ4n) is 2.81. The molecule has 0 bridgehead atoms. The van der Waals surface area contributed by atoms with E-state index in [1.807, 2.05) is 0 Å². The molecule has 2 heterocycles. The first-order chi connectivity index (χ1) is 9.88. The predicted molar refractivity (Wildman–Crippen MR) is 77.6 cm³/mol. The molecule has 2 aromatic rings. The van der Waals surface area contributed by atoms with Crippen molar-refractivity contribution in [3.63, 3.8) is 0 Å². The van der Waals surface area contributed by atoms with E-state index in [2.05, 4.69) is 45.7 Å². The minimum atomic E-state index is 0.709. The highest BCUT2D eigenvalue weighted by Crippen LogP contribution is 2.28. The molecule has 1 aromatic carbocycles. The van der Waals surface area contributed by atoms with E-state index in [-0.39, 0.29) is 0 Å². The number of rotatable bonds is 5. The SMILES string of the molecule is c1ccc2c(c1)CCN2Cc1cc(CNC2CC2)no1. The molecule has 4 nitrogen and oxygen atoms in total. The van der Waals surface area contributed by atoms with E-state index in [4.69, 9.17) is 4.52 Å². The fourth-order valence-corrected chi connectivity index (χ4v) is 2.81. The van der Waals surface area contributed by atoms with Gasteiger partial charge in [0, 0.05) is 30.9 Å². The van der Waals surface area contributed by atoms with E-state index in [9.17, 15) is 0 Å². The monoisotopic (exact) mass is 269 g/mol. The van der Waals surface area contributed by atoms with Gasteiger partial charge in [0.05, 0.1) is 12.2 Å². The van der Waals surface area contributed by atoms with Crippen LogP contribution in [0.1, 0.15) is 29.9 Å². The average molecular weight is 269 g/mol. The van der Waals surface area contributed by atoms with Crippen LogP contribution in [-0.4, -0.2) is 17.7 Å². The van der Waals surface area contributed by atoms with Gasteiger partial charge in [-0.1, -0.05) is 23.4 Å². The summed E-state index contributed by atoms with van der Waals surface area (Å²) in [4.78, 5) is 2.37. The van der Waals surface area contributed by atoms with Gasteiger partial charge in [-0.25, -0.2) is 0 Å². The first kappa shape index (κ1) is 12.0. The molecule has 1 aliphatic heterocycles. The molecule has 0 unspecified atom stereocenters. The molecule has 1 N–H and O–H groups in total. The van der Waals surface area contributed by atoms with E-state index >= 15 is 0 Å². The van der Waals surface area contributed by atoms with Crippen molar-refractivity contribution >= 4 is 5.69 Å². The van der Waals surface area contributed by atoms with Gasteiger partial charge in [0.2, 0.25) is 0 Å². The van der Waals surface area contributed by atoms with Gasteiger partial charge >= 0.3 is 0 Å². The maximum Gasteiger partial charge on any atom is 0.156 e. The molecule has 1 saturated carbocycles. The second-order valence-corrected chi connectivity index (χ2v) is 5.74. The van der Waals surface area contributed by atoms with Gasteiger partial charge in [-0.05, 0) is 30.9 Å². The summed E-state index contributed by atoms with van der Waals surface area (Å²) in [5.74, 6) is 0.953. The molecule has 20 heavy (non-hydrogen) atoms. The maximum atomic E-state index is 5.46. The van der Waals surface area contributed by atoms with Crippen LogP contribution in [0.5, 0.6) is 0 Å². The van der Waals surface area contributed by atoms with E-state index in [0.29, 0.717) is 6.04 Å². The Hall–Kier alpha value is -1.81. The van der Waals surface area contributed by atoms with Crippen molar-refractivity contribution in [1.82, 2.24) is 10.5 Å². The highest BCUT2D eigenvalue weighted by atomic mass is 16.5. The van der Waals surface area contributed by atoms with E-state index in [0.717, 1.165) is 37.5 Å². The zero-order valence-corrected chi connectivity index (χ0v) is 11.5. The lowest BCUT2D eigenvalue weighted by atomic mass is 10.2. The summed E-state index contributed by atoms with van der Waals surface area (Å²) in [6.07, 6.45) is 3.73. The summed E-state index contributed by atoms with van der Waals surface area (Å²) >= 11 is 0. The molecule has 104 valence electrons. The van der Waals surface area contributed by atoms with E-state index < -0.39 is 0 Å². The molecule has 1 aromatic heterocycles. The predicted octanol–water partition coefficient (Wildman–Crippen LogP) is 2.49. The Morgan fingerprint density at radius 3 is 3.10 bits per heavy atom. The van der Waals surface area contributed by atoms with E-state index in [1.54, 1.807) is 0 Å². The smallest absolute Gasteiger partial charge is 0.156 e. The second-order valence-electron chi connectivity index (χ2n) is 5.74. The Balaban J connectivity index is 1.41. The maximum absolute atomic E-state index is 5.46. The Bertz CT molecular complexity index is 603. The molecule has 0 atom stereocenters. The van der Waals surface area contributed by atoms with Crippen molar-refractivity contribution < 1.29 is 4.52 Å². The van der Waals surface area contributed by atoms with Crippen molar-refractivity contribution in [3.8, 4) is 0 Å². The van der Waals surface area contributed by atoms with Crippen molar-refractivity contribution in [2.45, 2.75) is 38.4 Å². The third kappa shape index (κ3) is 2.43. The number of anilines is 1. The average Bonchev–Trinajstić information content (AvgIpc) is 3.06. The molecule has 4 rings (SSSR count). The standard InChI is InChI=1S/C16H19N3O/c1-2-4-16-12(3-1)7-8-19(16)11-15-9-14(18-20-15)10-17-13-5-6-13/h1-4,9,13,17H,5-8,10-11H2. The number of hydrogen-bond acceptors (Lipinski definition) is 4. The highest BCUT2D eigenvalue weighted by molar-refractivity contribution is 5.57. The van der Waals surface area contributed by atoms with Crippen LogP contribution < -0.4 is 10.2 Å². The van der Waals surface area contributed by atoms with Crippen LogP contribution >= 0.6 is 0 Å². The van der Waals surface area contributed by atoms with Crippen LogP contribution in [0.4, 0.5) is 5.69 Å². The highest BCUT2D eigenvalue weighted by Gasteiger charge is 2.22. The largest absolute Gasteiger partial charge is 0.363 e. The molecule has 0 saturated heterocycles. The summed E-state index contributed by atoms with van der Waals surface area (Å²) < 4.78 is 5.46. The van der Waals surface area contributed by atoms with Crippen molar-refractivity contribution in [1.29, 1.82) is 0 Å². The van der Waals surface area contributed by atoms with Gasteiger partial charge in [-0.15, -0.1) is 0 Å². The van der Waals surface area contributed by atoms with Gasteiger partial charge in [-0.3, -0.25) is 0 Å². The Labute approximate surface area is 118 Å². The number of fused-ring (bicyclic) bond motifs is 1. The Kier molecular flexibility index (Phi) is 2.96. The third-order valence-corrected chi connectivity index (χ3v) is 4.09. The van der Waals surface area contributed by atoms with Crippen LogP contribution in [0.25, 0.3) is 0 Å². The van der Waals surface area contributed by atoms with Crippen LogP contribution in [0.2, 0.25) is 0 Å². The summed E-state index contributed by atoms with van der Waals surface area (Å²) in [7, 11) is 0. The minimum absolute atomic E-state index is 0.709. The van der Waals surface area contributed by atoms with Crippen LogP contribution in [-0.2, 0) is 19.5 Å². The lowest BCUT2D eigenvalue weighted by Crippen LogP contribution is -2.19. The summed E-state index contributed by atoms with van der Waals surface area (Å²) in [5, 5.41) is 7.61. The zero-order valence-electron chi connectivity index (χ0n) is 11.5. The van der Waals surface area contributed by atoms with Gasteiger partial charge in [0.1, 0.15) is 0 Å². The van der Waals surface area contributed by atoms with Gasteiger partial charge < -0.3 is 14.7 Å². The lowest BCUT2D eigenvalue weighted by molar-refractivity contribution is 0.374. The topological polar surface area (TPSA) is 41.3 Å². The van der Waals surface area contributed by atoms with Crippen molar-refractivity contribution in [2.24, 2.45) is 0 Å². The third-order valence-electron chi connectivity index (χ3n) is 4.09. The second kappa shape index (κ2) is 4.94. The molecule has 2 aliphatic rings. The number of hydrogen-bond donors (Lipinski definition) is 1.